The molecular weight excluding hydrogens is 720 g/mol. The second kappa shape index (κ2) is 15.6. The number of H-pyrrole nitrogens is 1. The number of rotatable bonds is 12. The third-order valence-electron chi connectivity index (χ3n) is 10.1. The third kappa shape index (κ3) is 8.53. The highest BCUT2D eigenvalue weighted by molar-refractivity contribution is 5.91. The number of ether oxygens (including phenoxy) is 2. The fraction of sp³-hybridized carbons (Fsp3) is 0.556. The lowest BCUT2D eigenvalue weighted by atomic mass is 9.86. The van der Waals surface area contributed by atoms with Crippen molar-refractivity contribution in [2.45, 2.75) is 64.3 Å². The molecule has 4 aromatic rings. The largest absolute Gasteiger partial charge is 0.466 e. The van der Waals surface area contributed by atoms with Gasteiger partial charge < -0.3 is 24.3 Å². The number of hydrogen-bond donors (Lipinski definition) is 1. The molecule has 54 heavy (non-hydrogen) atoms. The van der Waals surface area contributed by atoms with Gasteiger partial charge in [0.05, 0.1) is 49.0 Å². The molecular formula is C36H43F6N9O3. The van der Waals surface area contributed by atoms with E-state index in [0.717, 1.165) is 45.0 Å². The third-order valence-corrected chi connectivity index (χ3v) is 10.1. The molecule has 6 rings (SSSR count). The second-order valence-electron chi connectivity index (χ2n) is 14.1. The quantitative estimate of drug-likeness (QED) is 0.124. The summed E-state index contributed by atoms with van der Waals surface area (Å²) in [4.78, 5) is 43.0. The molecule has 0 unspecified atom stereocenters. The fourth-order valence-electron chi connectivity index (χ4n) is 7.61. The van der Waals surface area contributed by atoms with Gasteiger partial charge in [0, 0.05) is 70.1 Å². The zero-order valence-corrected chi connectivity index (χ0v) is 30.5. The van der Waals surface area contributed by atoms with E-state index in [1.54, 1.807) is 26.4 Å². The van der Waals surface area contributed by atoms with Gasteiger partial charge in [-0.15, -0.1) is 0 Å². The Kier molecular flexibility index (Phi) is 11.3. The molecule has 292 valence electrons. The number of aromatic nitrogens is 6. The van der Waals surface area contributed by atoms with Gasteiger partial charge in [-0.3, -0.25) is 14.7 Å². The number of halogens is 6. The van der Waals surface area contributed by atoms with Crippen LogP contribution in [-0.4, -0.2) is 107 Å². The van der Waals surface area contributed by atoms with Crippen LogP contribution in [0.5, 0.6) is 0 Å². The van der Waals surface area contributed by atoms with Crippen molar-refractivity contribution in [3.05, 3.63) is 42.0 Å². The maximum atomic E-state index is 13.9. The van der Waals surface area contributed by atoms with Crippen molar-refractivity contribution in [1.82, 2.24) is 34.8 Å². The normalized spacial score (nSPS) is 18.0. The van der Waals surface area contributed by atoms with Gasteiger partial charge in [-0.25, -0.2) is 19.9 Å². The first-order valence-corrected chi connectivity index (χ1v) is 17.8. The number of aromatic amines is 1. The Balaban J connectivity index is 1.32. The van der Waals surface area contributed by atoms with Crippen molar-refractivity contribution >= 4 is 28.6 Å². The fourth-order valence-corrected chi connectivity index (χ4v) is 7.61. The van der Waals surface area contributed by atoms with Crippen LogP contribution >= 0.6 is 0 Å². The lowest BCUT2D eigenvalue weighted by molar-refractivity contribution is -0.164. The average molecular weight is 764 g/mol. The first-order chi connectivity index (χ1) is 25.6. The number of hydrogen-bond acceptors (Lipinski definition) is 11. The SMILES string of the molecule is CCOC(=O)CCN1CCN(c2cnc(-c3nc4nc(-c5cnc(C(F)(F)F)c(C(F)(F)F)c5)cc(N(C)CC5(COC)CCCC5)c4[nH]3)cn2)[C@H](C)C1. The number of imidazole rings is 1. The number of nitrogens with zero attached hydrogens (tertiary/aromatic N) is 8. The summed E-state index contributed by atoms with van der Waals surface area (Å²) in [5, 5.41) is 0. The molecule has 1 saturated carbocycles. The number of nitrogens with one attached hydrogen (secondary N) is 1. The minimum atomic E-state index is -5.31. The molecule has 2 fully saturated rings. The van der Waals surface area contributed by atoms with Crippen molar-refractivity contribution in [3.63, 3.8) is 0 Å². The van der Waals surface area contributed by atoms with Gasteiger partial charge in [0.15, 0.2) is 17.2 Å². The lowest BCUT2D eigenvalue weighted by Gasteiger charge is -2.40. The number of esters is 1. The standard InChI is InChI=1S/C36H43F6N9O3/c1-5-54-29(52)8-11-50-12-13-51(22(2)19-50)28-18-43-26(17-44-28)32-47-30-27(49(3)20-34(21-53-4)9-6-7-10-34)15-25(46-33(30)48-32)23-14-24(35(37,38)39)31(45-16-23)36(40,41)42/h14-18,22H,5-13,19-21H2,1-4H3,(H,46,47,48)/t22-/m1/s1. The zero-order chi connectivity index (χ0) is 38.8. The summed E-state index contributed by atoms with van der Waals surface area (Å²) in [6.45, 7) is 7.97. The summed E-state index contributed by atoms with van der Waals surface area (Å²) >= 11 is 0. The summed E-state index contributed by atoms with van der Waals surface area (Å²) in [6, 6.07) is 2.05. The molecule has 0 aromatic carbocycles. The van der Waals surface area contributed by atoms with Gasteiger partial charge in [-0.05, 0) is 38.8 Å². The van der Waals surface area contributed by atoms with Crippen LogP contribution in [0.25, 0.3) is 33.9 Å². The molecule has 1 aliphatic carbocycles. The Labute approximate surface area is 308 Å². The van der Waals surface area contributed by atoms with Crippen LogP contribution in [0.1, 0.15) is 57.2 Å². The second-order valence-corrected chi connectivity index (χ2v) is 14.1. The lowest BCUT2D eigenvalue weighted by Crippen LogP contribution is -2.52. The number of carbonyl (C=O) groups excluding carboxylic acids is 1. The summed E-state index contributed by atoms with van der Waals surface area (Å²) in [5.41, 5.74) is -2.86. The Hall–Kier alpha value is -4.58. The molecule has 0 spiro atoms. The van der Waals surface area contributed by atoms with Crippen molar-refractivity contribution in [1.29, 1.82) is 0 Å². The van der Waals surface area contributed by atoms with Crippen molar-refractivity contribution in [3.8, 4) is 22.8 Å². The summed E-state index contributed by atoms with van der Waals surface area (Å²) in [6.07, 6.45) is -2.46. The number of anilines is 2. The maximum Gasteiger partial charge on any atom is 0.433 e. The van der Waals surface area contributed by atoms with E-state index in [-0.39, 0.29) is 34.3 Å². The predicted molar refractivity (Wildman–Crippen MR) is 189 cm³/mol. The summed E-state index contributed by atoms with van der Waals surface area (Å²) in [5.74, 6) is 0.735. The number of alkyl halides is 6. The van der Waals surface area contributed by atoms with E-state index in [2.05, 4.69) is 46.6 Å². The average Bonchev–Trinajstić information content (AvgIpc) is 3.77. The number of carbonyl (C=O) groups is 1. The molecule has 18 heteroatoms. The van der Waals surface area contributed by atoms with E-state index in [1.165, 1.54) is 6.07 Å². The molecule has 0 bridgehead atoms. The highest BCUT2D eigenvalue weighted by Crippen LogP contribution is 2.43. The first kappa shape index (κ1) is 39.1. The summed E-state index contributed by atoms with van der Waals surface area (Å²) < 4.78 is 93.0. The Morgan fingerprint density at radius 2 is 1.76 bits per heavy atom. The van der Waals surface area contributed by atoms with Crippen LogP contribution < -0.4 is 9.80 Å². The monoisotopic (exact) mass is 763 g/mol. The topological polar surface area (TPSA) is 125 Å². The Bertz CT molecular complexity index is 1930. The molecule has 4 aromatic heterocycles. The molecule has 2 aliphatic rings. The van der Waals surface area contributed by atoms with Gasteiger partial charge in [0.2, 0.25) is 0 Å². The number of piperazine rings is 1. The number of pyridine rings is 2. The zero-order valence-electron chi connectivity index (χ0n) is 30.5. The maximum absolute atomic E-state index is 13.9. The van der Waals surface area contributed by atoms with Crippen LogP contribution in [0.3, 0.4) is 0 Å². The molecule has 0 radical (unpaired) electrons. The van der Waals surface area contributed by atoms with E-state index >= 15 is 0 Å². The van der Waals surface area contributed by atoms with Crippen molar-refractivity contribution in [2.75, 3.05) is 69.9 Å². The van der Waals surface area contributed by atoms with E-state index < -0.39 is 23.6 Å². The van der Waals surface area contributed by atoms with Crippen LogP contribution in [-0.2, 0) is 26.6 Å². The predicted octanol–water partition coefficient (Wildman–Crippen LogP) is 6.62. The van der Waals surface area contributed by atoms with Crippen LogP contribution in [0.2, 0.25) is 0 Å². The molecule has 0 amide bonds. The van der Waals surface area contributed by atoms with Gasteiger partial charge >= 0.3 is 18.3 Å². The molecule has 5 heterocycles. The molecule has 12 nitrogen and oxygen atoms in total. The molecule has 1 aliphatic heterocycles. The van der Waals surface area contributed by atoms with Gasteiger partial charge in [0.1, 0.15) is 17.0 Å². The van der Waals surface area contributed by atoms with Crippen LogP contribution in [0, 0.1) is 5.41 Å². The molecule has 1 N–H and O–H groups in total. The number of fused-ring (bicyclic) bond motifs is 1. The van der Waals surface area contributed by atoms with Gasteiger partial charge in [-0.1, -0.05) is 12.8 Å². The van der Waals surface area contributed by atoms with E-state index in [4.69, 9.17) is 9.47 Å². The number of methoxy groups -OCH3 is 1. The van der Waals surface area contributed by atoms with Crippen LogP contribution in [0.4, 0.5) is 37.8 Å². The molecule has 1 atom stereocenters. The smallest absolute Gasteiger partial charge is 0.433 e. The first-order valence-electron chi connectivity index (χ1n) is 17.8. The van der Waals surface area contributed by atoms with E-state index in [0.29, 0.717) is 73.9 Å². The highest BCUT2D eigenvalue weighted by atomic mass is 19.4. The van der Waals surface area contributed by atoms with E-state index in [9.17, 15) is 31.1 Å². The minimum Gasteiger partial charge on any atom is -0.466 e. The van der Waals surface area contributed by atoms with Gasteiger partial charge in [0.25, 0.3) is 0 Å². The van der Waals surface area contributed by atoms with Crippen molar-refractivity contribution in [2.24, 2.45) is 5.41 Å². The highest BCUT2D eigenvalue weighted by Gasteiger charge is 2.45. The Morgan fingerprint density at radius 3 is 2.39 bits per heavy atom. The van der Waals surface area contributed by atoms with E-state index in [1.807, 2.05) is 11.9 Å². The minimum absolute atomic E-state index is 0.0295. The Morgan fingerprint density at radius 1 is 1.00 bits per heavy atom. The molecule has 1 saturated heterocycles. The van der Waals surface area contributed by atoms with Crippen molar-refractivity contribution < 1.29 is 40.6 Å². The van der Waals surface area contributed by atoms with Gasteiger partial charge in [-0.2, -0.15) is 26.3 Å². The summed E-state index contributed by atoms with van der Waals surface area (Å²) in [7, 11) is 3.48. The van der Waals surface area contributed by atoms with Crippen LogP contribution in [0.15, 0.2) is 30.7 Å².